The normalized spacial score (nSPS) is 12.4. The molecule has 1 atom stereocenters. The van der Waals surface area contributed by atoms with Gasteiger partial charge in [0.25, 0.3) is 0 Å². The van der Waals surface area contributed by atoms with Crippen LogP contribution in [0.1, 0.15) is 18.9 Å². The maximum Gasteiger partial charge on any atom is 0.119 e. The summed E-state index contributed by atoms with van der Waals surface area (Å²) in [5.74, 6) is 2.05. The Morgan fingerprint density at radius 2 is 2.22 bits per heavy atom. The lowest BCUT2D eigenvalue weighted by Gasteiger charge is -2.18. The van der Waals surface area contributed by atoms with Crippen molar-refractivity contribution in [3.63, 3.8) is 0 Å². The molecule has 2 nitrogen and oxygen atoms in total. The minimum atomic E-state index is 0.517. The van der Waals surface area contributed by atoms with Crippen LogP contribution in [0.5, 0.6) is 5.75 Å². The van der Waals surface area contributed by atoms with E-state index in [1.807, 2.05) is 17.8 Å². The molecule has 0 saturated carbocycles. The lowest BCUT2D eigenvalue weighted by atomic mass is 10.1. The fourth-order valence-electron chi connectivity index (χ4n) is 1.84. The summed E-state index contributed by atoms with van der Waals surface area (Å²) in [6, 6.07) is 6.68. The first-order valence-electron chi connectivity index (χ1n) is 6.26. The highest BCUT2D eigenvalue weighted by Crippen LogP contribution is 2.24. The average molecular weight is 332 g/mol. The molecule has 0 fully saturated rings. The van der Waals surface area contributed by atoms with Crippen LogP contribution in [-0.4, -0.2) is 31.7 Å². The maximum atomic E-state index is 5.29. The smallest absolute Gasteiger partial charge is 0.119 e. The van der Waals surface area contributed by atoms with Gasteiger partial charge in [0.05, 0.1) is 7.11 Å². The van der Waals surface area contributed by atoms with Crippen molar-refractivity contribution in [2.24, 2.45) is 0 Å². The molecule has 0 bridgehead atoms. The van der Waals surface area contributed by atoms with Crippen molar-refractivity contribution in [1.29, 1.82) is 0 Å². The first-order chi connectivity index (χ1) is 8.71. The Hall–Kier alpha value is -0.190. The molecule has 0 aliphatic rings. The lowest BCUT2D eigenvalue weighted by Crippen LogP contribution is -2.34. The van der Waals surface area contributed by atoms with Crippen LogP contribution in [0, 0.1) is 0 Å². The fourth-order valence-corrected chi connectivity index (χ4v) is 2.89. The Bertz CT molecular complexity index is 360. The first-order valence-corrected chi connectivity index (χ1v) is 8.44. The third-order valence-electron chi connectivity index (χ3n) is 2.77. The standard InChI is InChI=1S/C14H22BrNOS/c1-4-7-16-12(10-18-3)8-11-9-13(17-2)5-6-14(11)15/h5-6,9,12,16H,4,7-8,10H2,1-3H3. The zero-order valence-electron chi connectivity index (χ0n) is 11.3. The van der Waals surface area contributed by atoms with E-state index in [1.54, 1.807) is 7.11 Å². The monoisotopic (exact) mass is 331 g/mol. The highest BCUT2D eigenvalue weighted by molar-refractivity contribution is 9.10. The molecule has 1 aromatic carbocycles. The van der Waals surface area contributed by atoms with E-state index in [2.05, 4.69) is 46.6 Å². The molecule has 4 heteroatoms. The van der Waals surface area contributed by atoms with E-state index in [0.29, 0.717) is 6.04 Å². The minimum absolute atomic E-state index is 0.517. The number of nitrogens with one attached hydrogen (secondary N) is 1. The molecule has 18 heavy (non-hydrogen) atoms. The largest absolute Gasteiger partial charge is 0.497 e. The molecule has 0 spiro atoms. The number of hydrogen-bond acceptors (Lipinski definition) is 3. The molecule has 0 heterocycles. The van der Waals surface area contributed by atoms with Gasteiger partial charge in [-0.1, -0.05) is 22.9 Å². The molecular weight excluding hydrogens is 310 g/mol. The number of benzene rings is 1. The highest BCUT2D eigenvalue weighted by Gasteiger charge is 2.11. The Labute approximate surface area is 123 Å². The van der Waals surface area contributed by atoms with Crippen LogP contribution in [0.25, 0.3) is 0 Å². The topological polar surface area (TPSA) is 21.3 Å². The van der Waals surface area contributed by atoms with E-state index in [9.17, 15) is 0 Å². The third kappa shape index (κ3) is 5.21. The van der Waals surface area contributed by atoms with E-state index >= 15 is 0 Å². The van der Waals surface area contributed by atoms with Crippen LogP contribution in [0.3, 0.4) is 0 Å². The molecule has 0 radical (unpaired) electrons. The van der Waals surface area contributed by atoms with Crippen molar-refractivity contribution in [2.75, 3.05) is 25.7 Å². The fraction of sp³-hybridized carbons (Fsp3) is 0.571. The Morgan fingerprint density at radius 1 is 1.44 bits per heavy atom. The average Bonchev–Trinajstić information content (AvgIpc) is 2.38. The second kappa shape index (κ2) is 8.83. The van der Waals surface area contributed by atoms with Gasteiger partial charge in [0.15, 0.2) is 0 Å². The predicted octanol–water partition coefficient (Wildman–Crippen LogP) is 3.73. The summed E-state index contributed by atoms with van der Waals surface area (Å²) in [6.45, 7) is 3.28. The molecule has 0 saturated heterocycles. The molecule has 0 aliphatic carbocycles. The number of halogens is 1. The highest BCUT2D eigenvalue weighted by atomic mass is 79.9. The maximum absolute atomic E-state index is 5.29. The predicted molar refractivity (Wildman–Crippen MR) is 84.9 cm³/mol. The molecule has 0 aliphatic heterocycles. The molecule has 1 rings (SSSR count). The molecular formula is C14H22BrNOS. The van der Waals surface area contributed by atoms with Crippen LogP contribution in [0.2, 0.25) is 0 Å². The number of thioether (sulfide) groups is 1. The van der Waals surface area contributed by atoms with E-state index < -0.39 is 0 Å². The van der Waals surface area contributed by atoms with Gasteiger partial charge in [-0.25, -0.2) is 0 Å². The Morgan fingerprint density at radius 3 is 2.83 bits per heavy atom. The van der Waals surface area contributed by atoms with E-state index in [4.69, 9.17) is 4.74 Å². The SMILES string of the molecule is CCCNC(CSC)Cc1cc(OC)ccc1Br. The van der Waals surface area contributed by atoms with Gasteiger partial charge >= 0.3 is 0 Å². The van der Waals surface area contributed by atoms with Crippen molar-refractivity contribution in [1.82, 2.24) is 5.32 Å². The third-order valence-corrected chi connectivity index (χ3v) is 4.28. The molecule has 0 aromatic heterocycles. The van der Waals surface area contributed by atoms with Gasteiger partial charge < -0.3 is 10.1 Å². The van der Waals surface area contributed by atoms with Gasteiger partial charge in [-0.15, -0.1) is 0 Å². The van der Waals surface area contributed by atoms with Crippen LogP contribution < -0.4 is 10.1 Å². The van der Waals surface area contributed by atoms with Crippen molar-refractivity contribution >= 4 is 27.7 Å². The van der Waals surface area contributed by atoms with Gasteiger partial charge in [-0.2, -0.15) is 11.8 Å². The van der Waals surface area contributed by atoms with Gasteiger partial charge in [-0.05, 0) is 49.4 Å². The van der Waals surface area contributed by atoms with E-state index in [-0.39, 0.29) is 0 Å². The first kappa shape index (κ1) is 15.9. The quantitative estimate of drug-likeness (QED) is 0.784. The Kier molecular flexibility index (Phi) is 7.79. The van der Waals surface area contributed by atoms with Crippen LogP contribution >= 0.6 is 27.7 Å². The molecule has 1 N–H and O–H groups in total. The zero-order chi connectivity index (χ0) is 13.4. The lowest BCUT2D eigenvalue weighted by molar-refractivity contribution is 0.413. The van der Waals surface area contributed by atoms with Gasteiger partial charge in [0.1, 0.15) is 5.75 Å². The summed E-state index contributed by atoms with van der Waals surface area (Å²) in [5.41, 5.74) is 1.30. The summed E-state index contributed by atoms with van der Waals surface area (Å²) in [6.07, 6.45) is 4.35. The van der Waals surface area contributed by atoms with Gasteiger partial charge in [0.2, 0.25) is 0 Å². The number of ether oxygens (including phenoxy) is 1. The van der Waals surface area contributed by atoms with Crippen molar-refractivity contribution in [3.05, 3.63) is 28.2 Å². The van der Waals surface area contributed by atoms with E-state index in [0.717, 1.165) is 28.9 Å². The molecule has 1 aromatic rings. The van der Waals surface area contributed by atoms with Gasteiger partial charge in [-0.3, -0.25) is 0 Å². The summed E-state index contributed by atoms with van der Waals surface area (Å²) < 4.78 is 6.45. The second-order valence-electron chi connectivity index (χ2n) is 4.27. The molecule has 1 unspecified atom stereocenters. The van der Waals surface area contributed by atoms with Crippen molar-refractivity contribution < 1.29 is 4.74 Å². The number of methoxy groups -OCH3 is 1. The number of rotatable bonds is 8. The minimum Gasteiger partial charge on any atom is -0.497 e. The summed E-state index contributed by atoms with van der Waals surface area (Å²) in [7, 11) is 1.71. The number of hydrogen-bond donors (Lipinski definition) is 1. The van der Waals surface area contributed by atoms with Crippen molar-refractivity contribution in [3.8, 4) is 5.75 Å². The second-order valence-corrected chi connectivity index (χ2v) is 6.03. The van der Waals surface area contributed by atoms with Gasteiger partial charge in [0, 0.05) is 16.3 Å². The van der Waals surface area contributed by atoms with Crippen LogP contribution in [0.4, 0.5) is 0 Å². The Balaban J connectivity index is 2.72. The van der Waals surface area contributed by atoms with Crippen LogP contribution in [0.15, 0.2) is 22.7 Å². The van der Waals surface area contributed by atoms with E-state index in [1.165, 1.54) is 12.0 Å². The molecule has 0 amide bonds. The summed E-state index contributed by atoms with van der Waals surface area (Å²) in [5, 5.41) is 3.60. The molecule has 102 valence electrons. The van der Waals surface area contributed by atoms with Crippen molar-refractivity contribution in [2.45, 2.75) is 25.8 Å². The summed E-state index contributed by atoms with van der Waals surface area (Å²) >= 11 is 5.50. The summed E-state index contributed by atoms with van der Waals surface area (Å²) in [4.78, 5) is 0. The zero-order valence-corrected chi connectivity index (χ0v) is 13.7. The van der Waals surface area contributed by atoms with Crippen LogP contribution in [-0.2, 0) is 6.42 Å².